The summed E-state index contributed by atoms with van der Waals surface area (Å²) in [6.07, 6.45) is 1.88. The predicted octanol–water partition coefficient (Wildman–Crippen LogP) is 2.34. The van der Waals surface area contributed by atoms with Crippen LogP contribution in [0.4, 0.5) is 0 Å². The van der Waals surface area contributed by atoms with Gasteiger partial charge in [-0.2, -0.15) is 0 Å². The molecule has 2 rings (SSSR count). The molecule has 1 unspecified atom stereocenters. The van der Waals surface area contributed by atoms with Gasteiger partial charge in [-0.1, -0.05) is 30.3 Å². The number of hydrogen-bond donors (Lipinski definition) is 1. The van der Waals surface area contributed by atoms with Crippen molar-refractivity contribution in [2.45, 2.75) is 25.7 Å². The van der Waals surface area contributed by atoms with E-state index >= 15 is 0 Å². The van der Waals surface area contributed by atoms with E-state index in [1.807, 2.05) is 6.07 Å². The van der Waals surface area contributed by atoms with Crippen LogP contribution in [0.1, 0.15) is 31.2 Å². The Hall–Kier alpha value is -0.870. The number of rotatable bonds is 7. The summed E-state index contributed by atoms with van der Waals surface area (Å²) in [6, 6.07) is 10.6. The highest BCUT2D eigenvalue weighted by molar-refractivity contribution is 14.0. The molecule has 1 atom stereocenters. The van der Waals surface area contributed by atoms with Crippen LogP contribution >= 0.6 is 24.0 Å². The smallest absolute Gasteiger partial charge is 0.213 e. The normalized spacial score (nSPS) is 18.1. The Balaban J connectivity index is 0.00000338. The Morgan fingerprint density at radius 2 is 2.04 bits per heavy atom. The maximum atomic E-state index is 11.7. The second-order valence-corrected chi connectivity index (χ2v) is 8.76. The average Bonchev–Trinajstić information content (AvgIpc) is 3.12. The summed E-state index contributed by atoms with van der Waals surface area (Å²) in [5, 5.41) is 3.36. The molecule has 8 heteroatoms. The number of nitrogens with zero attached hydrogens (tertiary/aromatic N) is 3. The number of likely N-dealkylation sites (tertiary alicyclic amines) is 1. The van der Waals surface area contributed by atoms with E-state index in [0.717, 1.165) is 31.9 Å². The van der Waals surface area contributed by atoms with Crippen molar-refractivity contribution >= 4 is 40.0 Å². The lowest BCUT2D eigenvalue weighted by molar-refractivity contribution is 0.452. The van der Waals surface area contributed by atoms with E-state index in [-0.39, 0.29) is 29.7 Å². The number of sulfonamides is 1. The quantitative estimate of drug-likeness (QED) is 0.274. The number of nitrogens with one attached hydrogen (secondary N) is 1. The zero-order valence-electron chi connectivity index (χ0n) is 15.9. The van der Waals surface area contributed by atoms with Crippen LogP contribution in [0.3, 0.4) is 0 Å². The summed E-state index contributed by atoms with van der Waals surface area (Å²) in [6.45, 7) is 4.86. The minimum atomic E-state index is -3.09. The van der Waals surface area contributed by atoms with E-state index in [4.69, 9.17) is 0 Å². The molecular formula is C18H31IN4O2S. The molecule has 6 nitrogen and oxygen atoms in total. The van der Waals surface area contributed by atoms with Gasteiger partial charge in [0.25, 0.3) is 0 Å². The summed E-state index contributed by atoms with van der Waals surface area (Å²) in [5.41, 5.74) is 1.38. The van der Waals surface area contributed by atoms with Crippen LogP contribution in [-0.4, -0.2) is 69.6 Å². The number of guanidine groups is 1. The van der Waals surface area contributed by atoms with Crippen LogP contribution in [0.5, 0.6) is 0 Å². The Morgan fingerprint density at radius 3 is 2.65 bits per heavy atom. The molecule has 0 aliphatic carbocycles. The van der Waals surface area contributed by atoms with Crippen LogP contribution in [0, 0.1) is 0 Å². The van der Waals surface area contributed by atoms with Gasteiger partial charge >= 0.3 is 0 Å². The molecule has 0 radical (unpaired) electrons. The second-order valence-electron chi connectivity index (χ2n) is 6.39. The molecule has 1 aliphatic heterocycles. The molecule has 1 aromatic carbocycles. The molecule has 0 spiro atoms. The first-order valence-electron chi connectivity index (χ1n) is 8.92. The molecule has 1 heterocycles. The summed E-state index contributed by atoms with van der Waals surface area (Å²) >= 11 is 0. The van der Waals surface area contributed by atoms with Crippen molar-refractivity contribution in [2.24, 2.45) is 4.99 Å². The first kappa shape index (κ1) is 23.2. The third-order valence-electron chi connectivity index (χ3n) is 4.74. The van der Waals surface area contributed by atoms with Crippen LogP contribution in [-0.2, 0) is 10.0 Å². The molecule has 0 aromatic heterocycles. The Labute approximate surface area is 175 Å². The monoisotopic (exact) mass is 494 g/mol. The Bertz CT molecular complexity index is 667. The van der Waals surface area contributed by atoms with E-state index in [2.05, 4.69) is 39.5 Å². The van der Waals surface area contributed by atoms with Crippen molar-refractivity contribution in [1.29, 1.82) is 0 Å². The highest BCUT2D eigenvalue weighted by Crippen LogP contribution is 2.26. The van der Waals surface area contributed by atoms with Crippen LogP contribution in [0.15, 0.2) is 35.3 Å². The van der Waals surface area contributed by atoms with Gasteiger partial charge in [-0.15, -0.1) is 24.0 Å². The van der Waals surface area contributed by atoms with E-state index in [9.17, 15) is 8.42 Å². The fraction of sp³-hybridized carbons (Fsp3) is 0.611. The van der Waals surface area contributed by atoms with Gasteiger partial charge in [0.05, 0.1) is 5.75 Å². The fourth-order valence-corrected chi connectivity index (χ4v) is 3.99. The van der Waals surface area contributed by atoms with E-state index in [0.29, 0.717) is 19.0 Å². The lowest BCUT2D eigenvalue weighted by Gasteiger charge is -2.22. The topological polar surface area (TPSA) is 65.0 Å². The van der Waals surface area contributed by atoms with Crippen molar-refractivity contribution in [1.82, 2.24) is 14.5 Å². The lowest BCUT2D eigenvalue weighted by Crippen LogP contribution is -2.41. The minimum Gasteiger partial charge on any atom is -0.356 e. The molecule has 148 valence electrons. The van der Waals surface area contributed by atoms with Gasteiger partial charge < -0.3 is 10.2 Å². The highest BCUT2D eigenvalue weighted by Gasteiger charge is 2.25. The van der Waals surface area contributed by atoms with Gasteiger partial charge in [0, 0.05) is 46.2 Å². The highest BCUT2D eigenvalue weighted by atomic mass is 127. The molecule has 1 aliphatic rings. The van der Waals surface area contributed by atoms with Crippen LogP contribution in [0.2, 0.25) is 0 Å². The number of hydrogen-bond acceptors (Lipinski definition) is 3. The van der Waals surface area contributed by atoms with Gasteiger partial charge in [0.2, 0.25) is 10.0 Å². The summed E-state index contributed by atoms with van der Waals surface area (Å²) in [5.74, 6) is 1.59. The fourth-order valence-electron chi connectivity index (χ4n) is 3.14. The van der Waals surface area contributed by atoms with E-state index < -0.39 is 10.0 Å². The van der Waals surface area contributed by atoms with Gasteiger partial charge in [-0.25, -0.2) is 12.7 Å². The molecule has 0 amide bonds. The minimum absolute atomic E-state index is 0. The maximum absolute atomic E-state index is 11.7. The standard InChI is InChI=1S/C18H30N4O2S.HI/c1-4-25(23,24)21(3)13-8-12-20-18(19-2)22-14-11-17(15-22)16-9-6-5-7-10-16;/h5-7,9-10,17H,4,8,11-15H2,1-3H3,(H,19,20);1H. The van der Waals surface area contributed by atoms with E-state index in [1.54, 1.807) is 21.0 Å². The number of halogens is 1. The molecule has 0 saturated carbocycles. The van der Waals surface area contributed by atoms with Crippen molar-refractivity contribution in [2.75, 3.05) is 46.0 Å². The number of benzene rings is 1. The van der Waals surface area contributed by atoms with Gasteiger partial charge in [-0.05, 0) is 25.3 Å². The van der Waals surface area contributed by atoms with Crippen molar-refractivity contribution in [3.8, 4) is 0 Å². The van der Waals surface area contributed by atoms with Crippen molar-refractivity contribution in [3.63, 3.8) is 0 Å². The molecule has 1 N–H and O–H groups in total. The van der Waals surface area contributed by atoms with Gasteiger partial charge in [0.1, 0.15) is 0 Å². The third-order valence-corrected chi connectivity index (χ3v) is 6.61. The largest absolute Gasteiger partial charge is 0.356 e. The molecule has 26 heavy (non-hydrogen) atoms. The van der Waals surface area contributed by atoms with E-state index in [1.165, 1.54) is 9.87 Å². The Morgan fingerprint density at radius 1 is 1.35 bits per heavy atom. The first-order valence-corrected chi connectivity index (χ1v) is 10.5. The average molecular weight is 494 g/mol. The summed E-state index contributed by atoms with van der Waals surface area (Å²) < 4.78 is 24.9. The lowest BCUT2D eigenvalue weighted by atomic mass is 9.99. The van der Waals surface area contributed by atoms with Crippen LogP contribution < -0.4 is 5.32 Å². The maximum Gasteiger partial charge on any atom is 0.213 e. The SMILES string of the molecule is CCS(=O)(=O)N(C)CCCNC(=NC)N1CCC(c2ccccc2)C1.I. The van der Waals surface area contributed by atoms with Crippen LogP contribution in [0.25, 0.3) is 0 Å². The Kier molecular flexibility index (Phi) is 9.88. The molecule has 1 fully saturated rings. The molecule has 1 aromatic rings. The van der Waals surface area contributed by atoms with Gasteiger partial charge in [-0.3, -0.25) is 4.99 Å². The second kappa shape index (κ2) is 11.1. The zero-order chi connectivity index (χ0) is 18.3. The molecular weight excluding hydrogens is 463 g/mol. The zero-order valence-corrected chi connectivity index (χ0v) is 19.0. The predicted molar refractivity (Wildman–Crippen MR) is 119 cm³/mol. The molecule has 0 bridgehead atoms. The summed E-state index contributed by atoms with van der Waals surface area (Å²) in [7, 11) is 0.342. The summed E-state index contributed by atoms with van der Waals surface area (Å²) in [4.78, 5) is 6.66. The number of aliphatic imine (C=N–C) groups is 1. The van der Waals surface area contributed by atoms with Crippen molar-refractivity contribution < 1.29 is 8.42 Å². The van der Waals surface area contributed by atoms with Crippen molar-refractivity contribution in [3.05, 3.63) is 35.9 Å². The third kappa shape index (κ3) is 6.38. The first-order chi connectivity index (χ1) is 12.0. The van der Waals surface area contributed by atoms with Gasteiger partial charge in [0.15, 0.2) is 5.96 Å². The molecule has 1 saturated heterocycles.